The quantitative estimate of drug-likeness (QED) is 0.403. The van der Waals surface area contributed by atoms with Gasteiger partial charge in [-0.1, -0.05) is 59.8 Å². The zero-order valence-corrected chi connectivity index (χ0v) is 13.3. The van der Waals surface area contributed by atoms with Gasteiger partial charge in [0, 0.05) is 0 Å². The van der Waals surface area contributed by atoms with E-state index in [1.165, 1.54) is 12.5 Å². The lowest BCUT2D eigenvalue weighted by molar-refractivity contribution is 0.0600. The SMILES string of the molecule is COC(=O)c1ccc(/C=N/OCc2cccc3ccccc23)cc1. The fourth-order valence-electron chi connectivity index (χ4n) is 2.45. The molecule has 24 heavy (non-hydrogen) atoms. The fraction of sp³-hybridized carbons (Fsp3) is 0.100. The lowest BCUT2D eigenvalue weighted by atomic mass is 10.1. The summed E-state index contributed by atoms with van der Waals surface area (Å²) in [4.78, 5) is 16.8. The van der Waals surface area contributed by atoms with Crippen molar-refractivity contribution in [2.75, 3.05) is 7.11 Å². The summed E-state index contributed by atoms with van der Waals surface area (Å²) in [6, 6.07) is 21.3. The van der Waals surface area contributed by atoms with E-state index in [0.717, 1.165) is 16.5 Å². The predicted octanol–water partition coefficient (Wildman–Crippen LogP) is 4.18. The van der Waals surface area contributed by atoms with E-state index in [1.54, 1.807) is 30.5 Å². The average molecular weight is 319 g/mol. The number of esters is 1. The van der Waals surface area contributed by atoms with Crippen molar-refractivity contribution in [3.05, 3.63) is 83.4 Å². The first kappa shape index (κ1) is 15.7. The van der Waals surface area contributed by atoms with Crippen LogP contribution < -0.4 is 0 Å². The number of ether oxygens (including phenoxy) is 1. The van der Waals surface area contributed by atoms with Crippen molar-refractivity contribution >= 4 is 23.0 Å². The second kappa shape index (κ2) is 7.42. The summed E-state index contributed by atoms with van der Waals surface area (Å²) in [5.41, 5.74) is 2.44. The average Bonchev–Trinajstić information content (AvgIpc) is 2.65. The molecule has 0 saturated carbocycles. The number of hydrogen-bond donors (Lipinski definition) is 0. The van der Waals surface area contributed by atoms with E-state index in [4.69, 9.17) is 4.84 Å². The Morgan fingerprint density at radius 3 is 2.54 bits per heavy atom. The largest absolute Gasteiger partial charge is 0.465 e. The van der Waals surface area contributed by atoms with Gasteiger partial charge in [0.05, 0.1) is 18.9 Å². The summed E-state index contributed by atoms with van der Waals surface area (Å²) in [7, 11) is 1.36. The van der Waals surface area contributed by atoms with Crippen LogP contribution in [-0.2, 0) is 16.2 Å². The number of rotatable bonds is 5. The van der Waals surface area contributed by atoms with Crippen molar-refractivity contribution in [3.8, 4) is 0 Å². The molecule has 4 nitrogen and oxygen atoms in total. The lowest BCUT2D eigenvalue weighted by Crippen LogP contribution is -2.00. The molecule has 0 spiro atoms. The summed E-state index contributed by atoms with van der Waals surface area (Å²) in [5.74, 6) is -0.356. The predicted molar refractivity (Wildman–Crippen MR) is 94.1 cm³/mol. The van der Waals surface area contributed by atoms with Gasteiger partial charge in [-0.25, -0.2) is 4.79 Å². The maximum Gasteiger partial charge on any atom is 0.337 e. The molecule has 120 valence electrons. The van der Waals surface area contributed by atoms with Gasteiger partial charge in [0.15, 0.2) is 0 Å². The molecule has 0 atom stereocenters. The third-order valence-electron chi connectivity index (χ3n) is 3.71. The van der Waals surface area contributed by atoms with Crippen LogP contribution in [0.5, 0.6) is 0 Å². The molecular weight excluding hydrogens is 302 g/mol. The summed E-state index contributed by atoms with van der Waals surface area (Å²) in [6.07, 6.45) is 1.62. The maximum absolute atomic E-state index is 11.4. The minimum absolute atomic E-state index is 0.356. The first-order valence-electron chi connectivity index (χ1n) is 7.58. The number of fused-ring (bicyclic) bond motifs is 1. The van der Waals surface area contributed by atoms with Crippen molar-refractivity contribution in [1.82, 2.24) is 0 Å². The maximum atomic E-state index is 11.4. The van der Waals surface area contributed by atoms with Crippen molar-refractivity contribution in [1.29, 1.82) is 0 Å². The van der Waals surface area contributed by atoms with Crippen LogP contribution in [0, 0.1) is 0 Å². The van der Waals surface area contributed by atoms with E-state index in [9.17, 15) is 4.79 Å². The summed E-state index contributed by atoms with van der Waals surface area (Å²) >= 11 is 0. The van der Waals surface area contributed by atoms with Gasteiger partial charge in [0.1, 0.15) is 6.61 Å². The van der Waals surface area contributed by atoms with E-state index in [2.05, 4.69) is 28.1 Å². The van der Waals surface area contributed by atoms with E-state index >= 15 is 0 Å². The number of hydrogen-bond acceptors (Lipinski definition) is 4. The van der Waals surface area contributed by atoms with Crippen LogP contribution >= 0.6 is 0 Å². The van der Waals surface area contributed by atoms with Gasteiger partial charge in [0.2, 0.25) is 0 Å². The topological polar surface area (TPSA) is 47.9 Å². The van der Waals surface area contributed by atoms with Gasteiger partial charge in [0.25, 0.3) is 0 Å². The molecule has 0 heterocycles. The van der Waals surface area contributed by atoms with Gasteiger partial charge in [-0.05, 0) is 34.0 Å². The van der Waals surface area contributed by atoms with Crippen molar-refractivity contribution < 1.29 is 14.4 Å². The molecule has 0 fully saturated rings. The van der Waals surface area contributed by atoms with Crippen LogP contribution in [0.1, 0.15) is 21.5 Å². The third kappa shape index (κ3) is 3.60. The minimum atomic E-state index is -0.356. The molecule has 3 rings (SSSR count). The van der Waals surface area contributed by atoms with E-state index in [1.807, 2.05) is 24.3 Å². The highest BCUT2D eigenvalue weighted by Gasteiger charge is 2.03. The van der Waals surface area contributed by atoms with Crippen LogP contribution in [0.15, 0.2) is 71.9 Å². The lowest BCUT2D eigenvalue weighted by Gasteiger charge is -2.05. The Morgan fingerprint density at radius 2 is 1.75 bits per heavy atom. The van der Waals surface area contributed by atoms with Crippen LogP contribution in [0.25, 0.3) is 10.8 Å². The smallest absolute Gasteiger partial charge is 0.337 e. The first-order valence-corrected chi connectivity index (χ1v) is 7.58. The molecule has 0 radical (unpaired) electrons. The van der Waals surface area contributed by atoms with Gasteiger partial charge >= 0.3 is 5.97 Å². The Hall–Kier alpha value is -3.14. The van der Waals surface area contributed by atoms with Gasteiger partial charge < -0.3 is 9.57 Å². The first-order chi connectivity index (χ1) is 11.8. The molecule has 0 amide bonds. The molecular formula is C20H17NO3. The molecule has 3 aromatic carbocycles. The third-order valence-corrected chi connectivity index (χ3v) is 3.71. The molecule has 0 unspecified atom stereocenters. The van der Waals surface area contributed by atoms with E-state index in [0.29, 0.717) is 12.2 Å². The van der Waals surface area contributed by atoms with Crippen molar-refractivity contribution in [2.24, 2.45) is 5.16 Å². The zero-order valence-electron chi connectivity index (χ0n) is 13.3. The van der Waals surface area contributed by atoms with Crippen LogP contribution in [0.4, 0.5) is 0 Å². The standard InChI is InChI=1S/C20H17NO3/c1-23-20(22)17-11-9-15(10-12-17)13-21-24-14-18-7-4-6-16-5-2-3-8-19(16)18/h2-13H,14H2,1H3/b21-13+. The van der Waals surface area contributed by atoms with Gasteiger partial charge in [-0.3, -0.25) is 0 Å². The molecule has 4 heteroatoms. The Balaban J connectivity index is 1.63. The minimum Gasteiger partial charge on any atom is -0.465 e. The summed E-state index contributed by atoms with van der Waals surface area (Å²) in [6.45, 7) is 0.401. The number of nitrogens with zero attached hydrogens (tertiary/aromatic N) is 1. The van der Waals surface area contributed by atoms with Crippen molar-refractivity contribution in [2.45, 2.75) is 6.61 Å². The highest BCUT2D eigenvalue weighted by molar-refractivity contribution is 5.90. The number of carbonyl (C=O) groups excluding carboxylic acids is 1. The molecule has 0 aliphatic carbocycles. The highest BCUT2D eigenvalue weighted by atomic mass is 16.6. The molecule has 0 saturated heterocycles. The number of carbonyl (C=O) groups is 1. The highest BCUT2D eigenvalue weighted by Crippen LogP contribution is 2.19. The monoisotopic (exact) mass is 319 g/mol. The van der Waals surface area contributed by atoms with Gasteiger partial charge in [-0.15, -0.1) is 0 Å². The second-order valence-electron chi connectivity index (χ2n) is 5.26. The molecule has 0 aromatic heterocycles. The van der Waals surface area contributed by atoms with Crippen LogP contribution in [0.3, 0.4) is 0 Å². The molecule has 0 aliphatic rings. The Morgan fingerprint density at radius 1 is 1.00 bits per heavy atom. The molecule has 0 bridgehead atoms. The van der Waals surface area contributed by atoms with E-state index in [-0.39, 0.29) is 5.97 Å². The second-order valence-corrected chi connectivity index (χ2v) is 5.26. The molecule has 3 aromatic rings. The number of benzene rings is 3. The van der Waals surface area contributed by atoms with Gasteiger partial charge in [-0.2, -0.15) is 0 Å². The van der Waals surface area contributed by atoms with E-state index < -0.39 is 0 Å². The number of methoxy groups -OCH3 is 1. The Kier molecular flexibility index (Phi) is 4.87. The summed E-state index contributed by atoms with van der Waals surface area (Å²) < 4.78 is 4.66. The normalized spacial score (nSPS) is 10.9. The Bertz CT molecular complexity index is 864. The zero-order chi connectivity index (χ0) is 16.8. The Labute approximate surface area is 140 Å². The molecule has 0 N–H and O–H groups in total. The fourth-order valence-corrected chi connectivity index (χ4v) is 2.45. The van der Waals surface area contributed by atoms with Crippen LogP contribution in [-0.4, -0.2) is 19.3 Å². The molecule has 0 aliphatic heterocycles. The summed E-state index contributed by atoms with van der Waals surface area (Å²) in [5, 5.41) is 6.34. The van der Waals surface area contributed by atoms with Crippen LogP contribution in [0.2, 0.25) is 0 Å². The number of oxime groups is 1. The van der Waals surface area contributed by atoms with Crippen molar-refractivity contribution in [3.63, 3.8) is 0 Å².